The number of rotatable bonds is 4. The first-order valence-corrected chi connectivity index (χ1v) is 6.56. The van der Waals surface area contributed by atoms with E-state index in [0.29, 0.717) is 6.61 Å². The largest absolute Gasteiger partial charge is 0.376 e. The van der Waals surface area contributed by atoms with Crippen LogP contribution in [-0.2, 0) is 11.3 Å². The van der Waals surface area contributed by atoms with Crippen molar-refractivity contribution >= 4 is 15.9 Å². The molecule has 0 aromatic heterocycles. The van der Waals surface area contributed by atoms with Crippen molar-refractivity contribution in [1.82, 2.24) is 0 Å². The molecule has 1 nitrogen and oxygen atoms in total. The molecule has 0 N–H and O–H groups in total. The van der Waals surface area contributed by atoms with Crippen molar-refractivity contribution < 1.29 is 9.13 Å². The number of benzene rings is 1. The molecule has 0 bridgehead atoms. The molecule has 0 heterocycles. The summed E-state index contributed by atoms with van der Waals surface area (Å²) in [5.74, 6) is 0.505. The lowest BCUT2D eigenvalue weighted by Crippen LogP contribution is -2.05. The normalized spacial score (nSPS) is 16.9. The van der Waals surface area contributed by atoms with Crippen LogP contribution in [0.4, 0.5) is 4.39 Å². The summed E-state index contributed by atoms with van der Waals surface area (Å²) in [6.07, 6.45) is 5.23. The SMILES string of the molecule is Fc1cc(Br)cc(COCC2CCCC2)c1. The Hall–Kier alpha value is -0.410. The van der Waals surface area contributed by atoms with E-state index in [0.717, 1.165) is 22.6 Å². The van der Waals surface area contributed by atoms with Gasteiger partial charge in [-0.15, -0.1) is 0 Å². The third kappa shape index (κ3) is 3.56. The van der Waals surface area contributed by atoms with E-state index in [2.05, 4.69) is 15.9 Å². The lowest BCUT2D eigenvalue weighted by molar-refractivity contribution is 0.0887. The monoisotopic (exact) mass is 286 g/mol. The van der Waals surface area contributed by atoms with Crippen LogP contribution in [0.25, 0.3) is 0 Å². The highest BCUT2D eigenvalue weighted by Crippen LogP contribution is 2.25. The van der Waals surface area contributed by atoms with Crippen molar-refractivity contribution in [3.63, 3.8) is 0 Å². The lowest BCUT2D eigenvalue weighted by atomic mass is 10.1. The molecule has 0 aliphatic heterocycles. The molecule has 0 atom stereocenters. The second-order valence-electron chi connectivity index (χ2n) is 4.44. The Labute approximate surface area is 104 Å². The molecule has 0 spiro atoms. The molecule has 0 saturated heterocycles. The Bertz CT molecular complexity index is 328. The second-order valence-corrected chi connectivity index (χ2v) is 5.36. The molecule has 2 rings (SSSR count). The Kier molecular flexibility index (Phi) is 4.36. The topological polar surface area (TPSA) is 9.23 Å². The highest BCUT2D eigenvalue weighted by atomic mass is 79.9. The van der Waals surface area contributed by atoms with Crippen molar-refractivity contribution in [2.24, 2.45) is 5.92 Å². The van der Waals surface area contributed by atoms with E-state index in [4.69, 9.17) is 4.74 Å². The van der Waals surface area contributed by atoms with E-state index in [1.54, 1.807) is 0 Å². The molecule has 16 heavy (non-hydrogen) atoms. The van der Waals surface area contributed by atoms with Gasteiger partial charge in [-0.05, 0) is 42.5 Å². The first-order chi connectivity index (χ1) is 7.74. The molecule has 1 aliphatic rings. The zero-order valence-electron chi connectivity index (χ0n) is 9.22. The van der Waals surface area contributed by atoms with Crippen LogP contribution in [-0.4, -0.2) is 6.61 Å². The van der Waals surface area contributed by atoms with E-state index in [1.165, 1.54) is 37.8 Å². The summed E-state index contributed by atoms with van der Waals surface area (Å²) in [6, 6.07) is 4.89. The average molecular weight is 287 g/mol. The predicted molar refractivity (Wildman–Crippen MR) is 65.7 cm³/mol. The molecule has 1 saturated carbocycles. The van der Waals surface area contributed by atoms with Gasteiger partial charge in [0.2, 0.25) is 0 Å². The van der Waals surface area contributed by atoms with E-state index in [-0.39, 0.29) is 5.82 Å². The third-order valence-corrected chi connectivity index (χ3v) is 3.48. The molecule has 0 amide bonds. The summed E-state index contributed by atoms with van der Waals surface area (Å²) < 4.78 is 19.5. The third-order valence-electron chi connectivity index (χ3n) is 3.02. The van der Waals surface area contributed by atoms with Crippen LogP contribution < -0.4 is 0 Å². The van der Waals surface area contributed by atoms with Gasteiger partial charge in [0.1, 0.15) is 5.82 Å². The van der Waals surface area contributed by atoms with Gasteiger partial charge in [-0.1, -0.05) is 28.8 Å². The lowest BCUT2D eigenvalue weighted by Gasteiger charge is -2.10. The number of hydrogen-bond acceptors (Lipinski definition) is 1. The Morgan fingerprint density at radius 3 is 2.69 bits per heavy atom. The van der Waals surface area contributed by atoms with Gasteiger partial charge in [0.05, 0.1) is 6.61 Å². The van der Waals surface area contributed by atoms with E-state index in [9.17, 15) is 4.39 Å². The van der Waals surface area contributed by atoms with Crippen LogP contribution in [0.5, 0.6) is 0 Å². The summed E-state index contributed by atoms with van der Waals surface area (Å²) in [7, 11) is 0. The van der Waals surface area contributed by atoms with E-state index >= 15 is 0 Å². The number of ether oxygens (including phenoxy) is 1. The highest BCUT2D eigenvalue weighted by Gasteiger charge is 2.14. The van der Waals surface area contributed by atoms with Crippen LogP contribution in [0.1, 0.15) is 31.2 Å². The van der Waals surface area contributed by atoms with Crippen molar-refractivity contribution in [3.8, 4) is 0 Å². The van der Waals surface area contributed by atoms with Crippen LogP contribution in [0, 0.1) is 11.7 Å². The van der Waals surface area contributed by atoms with Crippen molar-refractivity contribution in [2.45, 2.75) is 32.3 Å². The Balaban J connectivity index is 1.80. The fourth-order valence-electron chi connectivity index (χ4n) is 2.21. The van der Waals surface area contributed by atoms with Crippen LogP contribution in [0.2, 0.25) is 0 Å². The van der Waals surface area contributed by atoms with Gasteiger partial charge in [0.25, 0.3) is 0 Å². The molecular formula is C13H16BrFO. The summed E-state index contributed by atoms with van der Waals surface area (Å²) in [4.78, 5) is 0. The van der Waals surface area contributed by atoms with Gasteiger partial charge >= 0.3 is 0 Å². The van der Waals surface area contributed by atoms with Crippen LogP contribution >= 0.6 is 15.9 Å². The van der Waals surface area contributed by atoms with Crippen molar-refractivity contribution in [2.75, 3.05) is 6.61 Å². The molecule has 3 heteroatoms. The van der Waals surface area contributed by atoms with Crippen molar-refractivity contribution in [1.29, 1.82) is 0 Å². The standard InChI is InChI=1S/C13H16BrFO/c14-12-5-11(6-13(15)7-12)9-16-8-10-3-1-2-4-10/h5-7,10H,1-4,8-9H2. The van der Waals surface area contributed by atoms with Gasteiger partial charge in [-0.2, -0.15) is 0 Å². The molecule has 0 radical (unpaired) electrons. The summed E-state index contributed by atoms with van der Waals surface area (Å²) in [5, 5.41) is 0. The van der Waals surface area contributed by atoms with E-state index < -0.39 is 0 Å². The molecule has 1 fully saturated rings. The Morgan fingerprint density at radius 2 is 2.00 bits per heavy atom. The van der Waals surface area contributed by atoms with Gasteiger partial charge < -0.3 is 4.74 Å². The molecule has 0 unspecified atom stereocenters. The zero-order chi connectivity index (χ0) is 11.4. The summed E-state index contributed by atoms with van der Waals surface area (Å²) in [5.41, 5.74) is 0.893. The predicted octanol–water partition coefficient (Wildman–Crippen LogP) is 4.30. The van der Waals surface area contributed by atoms with Crippen LogP contribution in [0.3, 0.4) is 0 Å². The molecular weight excluding hydrogens is 271 g/mol. The van der Waals surface area contributed by atoms with Crippen LogP contribution in [0.15, 0.2) is 22.7 Å². The maximum absolute atomic E-state index is 13.1. The first-order valence-electron chi connectivity index (χ1n) is 5.77. The first kappa shape index (κ1) is 12.1. The summed E-state index contributed by atoms with van der Waals surface area (Å²) >= 11 is 3.28. The van der Waals surface area contributed by atoms with Gasteiger partial charge in [0, 0.05) is 11.1 Å². The van der Waals surface area contributed by atoms with Gasteiger partial charge in [0.15, 0.2) is 0 Å². The molecule has 88 valence electrons. The van der Waals surface area contributed by atoms with Crippen molar-refractivity contribution in [3.05, 3.63) is 34.1 Å². The molecule has 1 aromatic carbocycles. The van der Waals surface area contributed by atoms with Gasteiger partial charge in [-0.3, -0.25) is 0 Å². The van der Waals surface area contributed by atoms with E-state index in [1.807, 2.05) is 6.07 Å². The maximum atomic E-state index is 13.1. The highest BCUT2D eigenvalue weighted by molar-refractivity contribution is 9.10. The minimum absolute atomic E-state index is 0.214. The average Bonchev–Trinajstić information content (AvgIpc) is 2.69. The number of halogens is 2. The van der Waals surface area contributed by atoms with Gasteiger partial charge in [-0.25, -0.2) is 4.39 Å². The minimum atomic E-state index is -0.214. The molecule has 1 aliphatic carbocycles. The fourth-order valence-corrected chi connectivity index (χ4v) is 2.73. The second kappa shape index (κ2) is 5.78. The zero-order valence-corrected chi connectivity index (χ0v) is 10.8. The smallest absolute Gasteiger partial charge is 0.124 e. The minimum Gasteiger partial charge on any atom is -0.376 e. The molecule has 1 aromatic rings. The Morgan fingerprint density at radius 1 is 1.25 bits per heavy atom. The fraction of sp³-hybridized carbons (Fsp3) is 0.538. The summed E-state index contributed by atoms with van der Waals surface area (Å²) in [6.45, 7) is 1.32. The number of hydrogen-bond donors (Lipinski definition) is 0. The maximum Gasteiger partial charge on any atom is 0.124 e. The quantitative estimate of drug-likeness (QED) is 0.802.